The first-order valence-corrected chi connectivity index (χ1v) is 4.92. The minimum absolute atomic E-state index is 0.0339. The van der Waals surface area contributed by atoms with Crippen molar-refractivity contribution in [1.29, 1.82) is 0 Å². The quantitative estimate of drug-likeness (QED) is 0.490. The van der Waals surface area contributed by atoms with Crippen LogP contribution in [0, 0.1) is 0 Å². The van der Waals surface area contributed by atoms with Gasteiger partial charge in [-0.3, -0.25) is 0 Å². The topological polar surface area (TPSA) is 48.1 Å². The summed E-state index contributed by atoms with van der Waals surface area (Å²) in [7, 11) is 3.05. The summed E-state index contributed by atoms with van der Waals surface area (Å²) < 4.78 is 15.7. The van der Waals surface area contributed by atoms with Crippen molar-refractivity contribution in [3.63, 3.8) is 0 Å². The van der Waals surface area contributed by atoms with E-state index in [1.165, 1.54) is 7.11 Å². The van der Waals surface area contributed by atoms with Gasteiger partial charge in [0.1, 0.15) is 5.60 Å². The molecule has 1 heterocycles. The molecule has 14 heavy (non-hydrogen) atoms. The number of hydrogen-bond donors (Lipinski definition) is 0. The molecule has 0 aromatic carbocycles. The van der Waals surface area contributed by atoms with Gasteiger partial charge in [-0.1, -0.05) is 0 Å². The van der Waals surface area contributed by atoms with Gasteiger partial charge < -0.3 is 14.2 Å². The lowest BCUT2D eigenvalue weighted by Gasteiger charge is -2.16. The summed E-state index contributed by atoms with van der Waals surface area (Å²) >= 11 is 0. The minimum atomic E-state index is -0.779. The van der Waals surface area contributed by atoms with Crippen molar-refractivity contribution in [2.24, 2.45) is 0 Å². The molecule has 1 saturated heterocycles. The average Bonchev–Trinajstić information content (AvgIpc) is 2.61. The number of epoxide rings is 1. The maximum atomic E-state index is 11.5. The van der Waals surface area contributed by atoms with Crippen LogP contribution >= 0.6 is 0 Å². The third kappa shape index (κ3) is 0.982. The Labute approximate surface area is 83.5 Å². The third-order valence-corrected chi connectivity index (χ3v) is 3.55. The zero-order valence-electron chi connectivity index (χ0n) is 8.83. The van der Waals surface area contributed by atoms with Crippen LogP contribution in [0.3, 0.4) is 0 Å². The first-order chi connectivity index (χ1) is 6.60. The van der Waals surface area contributed by atoms with Crippen molar-refractivity contribution in [1.82, 2.24) is 0 Å². The monoisotopic (exact) mass is 200 g/mol. The summed E-state index contributed by atoms with van der Waals surface area (Å²) in [4.78, 5) is 11.5. The summed E-state index contributed by atoms with van der Waals surface area (Å²) in [5.41, 5.74) is -1.19. The zero-order valence-corrected chi connectivity index (χ0v) is 8.83. The molecule has 0 N–H and O–H groups in total. The Hall–Kier alpha value is -0.610. The smallest absolute Gasteiger partial charge is 0.341 e. The largest absolute Gasteiger partial charge is 0.467 e. The van der Waals surface area contributed by atoms with Crippen LogP contribution < -0.4 is 0 Å². The van der Waals surface area contributed by atoms with E-state index in [4.69, 9.17) is 14.2 Å². The van der Waals surface area contributed by atoms with Crippen LogP contribution in [-0.2, 0) is 19.0 Å². The lowest BCUT2D eigenvalue weighted by molar-refractivity contribution is -0.146. The van der Waals surface area contributed by atoms with E-state index in [9.17, 15) is 4.79 Å². The second kappa shape index (κ2) is 2.94. The van der Waals surface area contributed by atoms with Gasteiger partial charge in [-0.2, -0.15) is 0 Å². The Bertz CT molecular complexity index is 265. The van der Waals surface area contributed by atoms with E-state index in [2.05, 4.69) is 0 Å². The van der Waals surface area contributed by atoms with Crippen LogP contribution in [0.4, 0.5) is 0 Å². The first-order valence-electron chi connectivity index (χ1n) is 4.92. The van der Waals surface area contributed by atoms with Crippen LogP contribution in [0.1, 0.15) is 26.2 Å². The fourth-order valence-electron chi connectivity index (χ4n) is 2.66. The Morgan fingerprint density at radius 3 is 2.79 bits per heavy atom. The highest BCUT2D eigenvalue weighted by Crippen LogP contribution is 2.59. The van der Waals surface area contributed by atoms with Crippen LogP contribution in [-0.4, -0.2) is 37.5 Å². The van der Waals surface area contributed by atoms with E-state index in [0.29, 0.717) is 0 Å². The van der Waals surface area contributed by atoms with Gasteiger partial charge in [-0.25, -0.2) is 4.79 Å². The maximum Gasteiger partial charge on any atom is 0.341 e. The van der Waals surface area contributed by atoms with Gasteiger partial charge in [-0.05, 0) is 26.2 Å². The second-order valence-electron chi connectivity index (χ2n) is 4.13. The van der Waals surface area contributed by atoms with Crippen molar-refractivity contribution in [2.45, 2.75) is 43.5 Å². The summed E-state index contributed by atoms with van der Waals surface area (Å²) in [6, 6.07) is 0. The Kier molecular flexibility index (Phi) is 2.08. The molecule has 2 fully saturated rings. The Balaban J connectivity index is 2.18. The van der Waals surface area contributed by atoms with Crippen molar-refractivity contribution in [3.05, 3.63) is 0 Å². The number of rotatable bonds is 2. The maximum absolute atomic E-state index is 11.5. The molecule has 1 aliphatic heterocycles. The number of hydrogen-bond acceptors (Lipinski definition) is 4. The number of carbonyl (C=O) groups is 1. The van der Waals surface area contributed by atoms with Crippen molar-refractivity contribution in [2.75, 3.05) is 14.2 Å². The van der Waals surface area contributed by atoms with E-state index in [1.807, 2.05) is 0 Å². The van der Waals surface area contributed by atoms with Gasteiger partial charge in [0, 0.05) is 7.11 Å². The van der Waals surface area contributed by atoms with E-state index >= 15 is 0 Å². The molecule has 0 aromatic heterocycles. The molecule has 3 atom stereocenters. The Morgan fingerprint density at radius 2 is 2.21 bits per heavy atom. The molecule has 0 radical (unpaired) electrons. The molecule has 80 valence electrons. The predicted molar refractivity (Wildman–Crippen MR) is 48.9 cm³/mol. The highest BCUT2D eigenvalue weighted by atomic mass is 16.7. The number of esters is 1. The second-order valence-corrected chi connectivity index (χ2v) is 4.13. The number of ether oxygens (including phenoxy) is 3. The van der Waals surface area contributed by atoms with Gasteiger partial charge >= 0.3 is 5.97 Å². The molecule has 0 amide bonds. The standard InChI is InChI=1S/C10H16O4/c1-9(8(11)13-3)10(14-9)6-4-5-7(10)12-2/h7H,4-6H2,1-3H3. The van der Waals surface area contributed by atoms with Crippen molar-refractivity contribution < 1.29 is 19.0 Å². The molecule has 1 saturated carbocycles. The molecule has 1 spiro atoms. The molecule has 1 aliphatic carbocycles. The van der Waals surface area contributed by atoms with Crippen LogP contribution in [0.25, 0.3) is 0 Å². The third-order valence-electron chi connectivity index (χ3n) is 3.55. The summed E-state index contributed by atoms with van der Waals surface area (Å²) in [5.74, 6) is -0.290. The summed E-state index contributed by atoms with van der Waals surface area (Å²) in [5, 5.41) is 0. The zero-order chi connectivity index (χ0) is 10.4. The predicted octanol–water partition coefficient (Wildman–Crippen LogP) is 0.886. The van der Waals surface area contributed by atoms with Gasteiger partial charge in [0.05, 0.1) is 13.2 Å². The molecule has 4 heteroatoms. The fourth-order valence-corrected chi connectivity index (χ4v) is 2.66. The summed E-state index contributed by atoms with van der Waals surface area (Å²) in [6.45, 7) is 1.79. The van der Waals surface area contributed by atoms with E-state index in [1.54, 1.807) is 14.0 Å². The molecular weight excluding hydrogens is 184 g/mol. The van der Waals surface area contributed by atoms with E-state index < -0.39 is 11.2 Å². The first kappa shape index (κ1) is 9.93. The highest BCUT2D eigenvalue weighted by Gasteiger charge is 2.77. The molecule has 0 bridgehead atoms. The average molecular weight is 200 g/mol. The fraction of sp³-hybridized carbons (Fsp3) is 0.900. The summed E-state index contributed by atoms with van der Waals surface area (Å²) in [6.07, 6.45) is 2.93. The molecule has 0 aromatic rings. The molecule has 3 unspecified atom stereocenters. The van der Waals surface area contributed by atoms with Crippen molar-refractivity contribution >= 4 is 5.97 Å². The lowest BCUT2D eigenvalue weighted by Crippen LogP contribution is -2.38. The highest BCUT2D eigenvalue weighted by molar-refractivity contribution is 5.84. The lowest BCUT2D eigenvalue weighted by atomic mass is 9.91. The van der Waals surface area contributed by atoms with Crippen LogP contribution in [0.5, 0.6) is 0 Å². The van der Waals surface area contributed by atoms with Gasteiger partial charge in [0.2, 0.25) is 0 Å². The van der Waals surface area contributed by atoms with Crippen LogP contribution in [0.2, 0.25) is 0 Å². The minimum Gasteiger partial charge on any atom is -0.467 e. The SMILES string of the molecule is COC(=O)C1(C)OC12CCCC2OC. The molecule has 2 aliphatic rings. The molecular formula is C10H16O4. The van der Waals surface area contributed by atoms with Crippen LogP contribution in [0.15, 0.2) is 0 Å². The molecule has 4 nitrogen and oxygen atoms in total. The van der Waals surface area contributed by atoms with Gasteiger partial charge in [-0.15, -0.1) is 0 Å². The van der Waals surface area contributed by atoms with E-state index in [0.717, 1.165) is 19.3 Å². The van der Waals surface area contributed by atoms with Crippen molar-refractivity contribution in [3.8, 4) is 0 Å². The molecule has 2 rings (SSSR count). The Morgan fingerprint density at radius 1 is 1.50 bits per heavy atom. The van der Waals surface area contributed by atoms with E-state index in [-0.39, 0.29) is 12.1 Å². The normalized spacial score (nSPS) is 45.5. The van der Waals surface area contributed by atoms with Gasteiger partial charge in [0.15, 0.2) is 5.60 Å². The van der Waals surface area contributed by atoms with Gasteiger partial charge in [0.25, 0.3) is 0 Å². The number of methoxy groups -OCH3 is 2. The number of carbonyl (C=O) groups excluding carboxylic acids is 1.